The van der Waals surface area contributed by atoms with Gasteiger partial charge in [-0.15, -0.1) is 0 Å². The first-order valence-corrected chi connectivity index (χ1v) is 6.04. The van der Waals surface area contributed by atoms with E-state index < -0.39 is 0 Å². The normalized spacial score (nSPS) is 14.6. The van der Waals surface area contributed by atoms with Crippen LogP contribution in [0.2, 0.25) is 0 Å². The smallest absolute Gasteiger partial charge is 0.0606 e. The minimum atomic E-state index is 0.218. The van der Waals surface area contributed by atoms with E-state index in [4.69, 9.17) is 5.11 Å². The second kappa shape index (κ2) is 5.32. The van der Waals surface area contributed by atoms with Crippen molar-refractivity contribution in [3.63, 3.8) is 0 Å². The van der Waals surface area contributed by atoms with E-state index in [1.807, 2.05) is 0 Å². The fourth-order valence-corrected chi connectivity index (χ4v) is 2.38. The van der Waals surface area contributed by atoms with Crippen LogP contribution >= 0.6 is 0 Å². The number of hydrogen-bond donors (Lipinski definition) is 2. The molecule has 0 unspecified atom stereocenters. The number of fused-ring (bicyclic) bond motifs is 1. The van der Waals surface area contributed by atoms with Crippen molar-refractivity contribution >= 4 is 5.69 Å². The molecule has 3 heteroatoms. The summed E-state index contributed by atoms with van der Waals surface area (Å²) in [4.78, 5) is 2.25. The van der Waals surface area contributed by atoms with Gasteiger partial charge in [-0.1, -0.05) is 12.1 Å². The van der Waals surface area contributed by atoms with Gasteiger partial charge in [0.2, 0.25) is 0 Å². The van der Waals surface area contributed by atoms with E-state index in [0.717, 1.165) is 32.6 Å². The molecule has 0 saturated heterocycles. The van der Waals surface area contributed by atoms with Crippen LogP contribution in [0.1, 0.15) is 18.1 Å². The van der Waals surface area contributed by atoms with Gasteiger partial charge in [0.15, 0.2) is 0 Å². The lowest BCUT2D eigenvalue weighted by atomic mass is 9.98. The molecule has 1 aliphatic rings. The molecular weight excluding hydrogens is 200 g/mol. The summed E-state index contributed by atoms with van der Waals surface area (Å²) in [5.74, 6) is 0. The number of aliphatic hydroxyl groups is 1. The van der Waals surface area contributed by atoms with E-state index in [2.05, 4.69) is 35.3 Å². The fourth-order valence-electron chi connectivity index (χ4n) is 2.38. The van der Waals surface area contributed by atoms with Gasteiger partial charge in [0.1, 0.15) is 0 Å². The van der Waals surface area contributed by atoms with Crippen LogP contribution in [-0.4, -0.2) is 31.3 Å². The highest BCUT2D eigenvalue weighted by atomic mass is 16.3. The van der Waals surface area contributed by atoms with Crippen LogP contribution in [0.3, 0.4) is 0 Å². The summed E-state index contributed by atoms with van der Waals surface area (Å²) in [5.41, 5.74) is 4.16. The Balaban J connectivity index is 2.31. The second-order valence-electron chi connectivity index (χ2n) is 4.14. The van der Waals surface area contributed by atoms with E-state index >= 15 is 0 Å². The van der Waals surface area contributed by atoms with Crippen LogP contribution in [0.15, 0.2) is 18.2 Å². The zero-order chi connectivity index (χ0) is 11.4. The van der Waals surface area contributed by atoms with Crippen molar-refractivity contribution in [2.75, 3.05) is 31.1 Å². The summed E-state index contributed by atoms with van der Waals surface area (Å²) >= 11 is 0. The molecule has 0 spiro atoms. The Morgan fingerprint density at radius 2 is 2.31 bits per heavy atom. The Hall–Kier alpha value is -1.06. The Morgan fingerprint density at radius 1 is 1.44 bits per heavy atom. The van der Waals surface area contributed by atoms with E-state index in [1.54, 1.807) is 0 Å². The fraction of sp³-hybridized carbons (Fsp3) is 0.538. The standard InChI is InChI=1S/C13H20N2O/c1-2-15(8-9-16)13-5-3-4-11-10-14-7-6-12(11)13/h3-5,14,16H,2,6-10H2,1H3. The van der Waals surface area contributed by atoms with Crippen molar-refractivity contribution in [3.8, 4) is 0 Å². The van der Waals surface area contributed by atoms with Gasteiger partial charge in [-0.25, -0.2) is 0 Å². The Bertz CT molecular complexity index is 352. The van der Waals surface area contributed by atoms with Gasteiger partial charge in [0.05, 0.1) is 6.61 Å². The molecule has 2 rings (SSSR count). The number of nitrogens with zero attached hydrogens (tertiary/aromatic N) is 1. The first-order valence-electron chi connectivity index (χ1n) is 6.04. The third kappa shape index (κ3) is 2.20. The first kappa shape index (κ1) is 11.4. The van der Waals surface area contributed by atoms with Crippen LogP contribution < -0.4 is 10.2 Å². The van der Waals surface area contributed by atoms with Crippen molar-refractivity contribution in [2.45, 2.75) is 19.9 Å². The third-order valence-electron chi connectivity index (χ3n) is 3.21. The molecule has 3 nitrogen and oxygen atoms in total. The Morgan fingerprint density at radius 3 is 3.06 bits per heavy atom. The SMILES string of the molecule is CCN(CCO)c1cccc2c1CCNC2. The molecule has 1 aliphatic heterocycles. The number of rotatable bonds is 4. The number of anilines is 1. The van der Waals surface area contributed by atoms with Crippen molar-refractivity contribution in [3.05, 3.63) is 29.3 Å². The maximum Gasteiger partial charge on any atom is 0.0606 e. The molecule has 0 amide bonds. The summed E-state index contributed by atoms with van der Waals surface area (Å²) < 4.78 is 0. The molecule has 0 atom stereocenters. The summed E-state index contributed by atoms with van der Waals surface area (Å²) in [7, 11) is 0. The number of aliphatic hydroxyl groups excluding tert-OH is 1. The topological polar surface area (TPSA) is 35.5 Å². The molecule has 1 aromatic rings. The molecule has 0 aliphatic carbocycles. The number of benzene rings is 1. The maximum absolute atomic E-state index is 9.08. The third-order valence-corrected chi connectivity index (χ3v) is 3.21. The van der Waals surface area contributed by atoms with E-state index in [0.29, 0.717) is 0 Å². The molecule has 0 radical (unpaired) electrons. The number of likely N-dealkylation sites (N-methyl/N-ethyl adjacent to an activating group) is 1. The first-order chi connectivity index (χ1) is 7.86. The predicted octanol–water partition coefficient (Wildman–Crippen LogP) is 1.15. The molecular formula is C13H20N2O. The van der Waals surface area contributed by atoms with Gasteiger partial charge in [-0.2, -0.15) is 0 Å². The van der Waals surface area contributed by atoms with Crippen LogP contribution in [0.5, 0.6) is 0 Å². The quantitative estimate of drug-likeness (QED) is 0.799. The molecule has 16 heavy (non-hydrogen) atoms. The number of nitrogens with one attached hydrogen (secondary N) is 1. The van der Waals surface area contributed by atoms with Gasteiger partial charge in [0.25, 0.3) is 0 Å². The lowest BCUT2D eigenvalue weighted by Gasteiger charge is -2.28. The van der Waals surface area contributed by atoms with Crippen molar-refractivity contribution in [1.29, 1.82) is 0 Å². The minimum Gasteiger partial charge on any atom is -0.395 e. The zero-order valence-electron chi connectivity index (χ0n) is 9.87. The van der Waals surface area contributed by atoms with Crippen LogP contribution in [0.25, 0.3) is 0 Å². The van der Waals surface area contributed by atoms with Crippen LogP contribution in [0.4, 0.5) is 5.69 Å². The average Bonchev–Trinajstić information content (AvgIpc) is 2.35. The lowest BCUT2D eigenvalue weighted by molar-refractivity contribution is 0.302. The Kier molecular flexibility index (Phi) is 3.80. The summed E-state index contributed by atoms with van der Waals surface area (Å²) in [6, 6.07) is 6.47. The van der Waals surface area contributed by atoms with Gasteiger partial charge < -0.3 is 15.3 Å². The van der Waals surface area contributed by atoms with Crippen LogP contribution in [-0.2, 0) is 13.0 Å². The molecule has 0 fully saturated rings. The number of hydrogen-bond acceptors (Lipinski definition) is 3. The van der Waals surface area contributed by atoms with Gasteiger partial charge in [0, 0.05) is 25.3 Å². The van der Waals surface area contributed by atoms with Crippen molar-refractivity contribution in [1.82, 2.24) is 5.32 Å². The monoisotopic (exact) mass is 220 g/mol. The highest BCUT2D eigenvalue weighted by Gasteiger charge is 2.15. The van der Waals surface area contributed by atoms with E-state index in [-0.39, 0.29) is 6.61 Å². The molecule has 0 saturated carbocycles. The molecule has 0 bridgehead atoms. The highest BCUT2D eigenvalue weighted by molar-refractivity contribution is 5.57. The molecule has 88 valence electrons. The van der Waals surface area contributed by atoms with Crippen molar-refractivity contribution in [2.24, 2.45) is 0 Å². The summed E-state index contributed by atoms with van der Waals surface area (Å²) in [6.45, 7) is 6.05. The largest absolute Gasteiger partial charge is 0.395 e. The zero-order valence-corrected chi connectivity index (χ0v) is 9.87. The van der Waals surface area contributed by atoms with Gasteiger partial charge in [-0.05, 0) is 37.1 Å². The molecule has 2 N–H and O–H groups in total. The average molecular weight is 220 g/mol. The van der Waals surface area contributed by atoms with E-state index in [1.165, 1.54) is 16.8 Å². The van der Waals surface area contributed by atoms with Gasteiger partial charge >= 0.3 is 0 Å². The minimum absolute atomic E-state index is 0.218. The molecule has 0 aromatic heterocycles. The van der Waals surface area contributed by atoms with Crippen LogP contribution in [0, 0.1) is 0 Å². The van der Waals surface area contributed by atoms with Gasteiger partial charge in [-0.3, -0.25) is 0 Å². The maximum atomic E-state index is 9.08. The molecule has 1 heterocycles. The highest BCUT2D eigenvalue weighted by Crippen LogP contribution is 2.26. The predicted molar refractivity (Wildman–Crippen MR) is 66.8 cm³/mol. The Labute approximate surface area is 97.1 Å². The van der Waals surface area contributed by atoms with E-state index in [9.17, 15) is 0 Å². The summed E-state index contributed by atoms with van der Waals surface area (Å²) in [6.07, 6.45) is 1.09. The lowest BCUT2D eigenvalue weighted by Crippen LogP contribution is -2.30. The molecule has 1 aromatic carbocycles. The second-order valence-corrected chi connectivity index (χ2v) is 4.14. The van der Waals surface area contributed by atoms with Crippen molar-refractivity contribution < 1.29 is 5.11 Å². The summed E-state index contributed by atoms with van der Waals surface area (Å²) in [5, 5.41) is 12.5.